The topological polar surface area (TPSA) is 41.5 Å². The van der Waals surface area contributed by atoms with Gasteiger partial charge in [0, 0.05) is 13.2 Å². The zero-order chi connectivity index (χ0) is 7.66. The molecule has 10 heavy (non-hydrogen) atoms. The molecule has 0 aliphatic heterocycles. The van der Waals surface area contributed by atoms with Gasteiger partial charge in [-0.15, -0.1) is 0 Å². The molecule has 0 aromatic carbocycles. The van der Waals surface area contributed by atoms with E-state index in [1.165, 1.54) is 0 Å². The van der Waals surface area contributed by atoms with Crippen molar-refractivity contribution in [3.8, 4) is 0 Å². The van der Waals surface area contributed by atoms with Gasteiger partial charge in [0.05, 0.1) is 6.73 Å². The lowest BCUT2D eigenvalue weighted by Crippen LogP contribution is -2.20. The van der Waals surface area contributed by atoms with Gasteiger partial charge in [0.25, 0.3) is 0 Å². The van der Waals surface area contributed by atoms with E-state index in [4.69, 9.17) is 9.84 Å². The summed E-state index contributed by atoms with van der Waals surface area (Å²) in [4.78, 5) is 0. The summed E-state index contributed by atoms with van der Waals surface area (Å²) in [5.74, 6) is 0. The predicted molar refractivity (Wildman–Crippen MR) is 40.8 cm³/mol. The predicted octanol–water partition coefficient (Wildman–Crippen LogP) is 0.343. The van der Waals surface area contributed by atoms with Crippen molar-refractivity contribution in [3.63, 3.8) is 0 Å². The fourth-order valence-electron chi connectivity index (χ4n) is 0.565. The number of hydrogen-bond acceptors (Lipinski definition) is 3. The Morgan fingerprint density at radius 1 is 1.50 bits per heavy atom. The first-order valence-corrected chi connectivity index (χ1v) is 3.81. The summed E-state index contributed by atoms with van der Waals surface area (Å²) >= 11 is 0. The van der Waals surface area contributed by atoms with Gasteiger partial charge in [-0.25, -0.2) is 0 Å². The fourth-order valence-corrected chi connectivity index (χ4v) is 0.565. The Morgan fingerprint density at radius 2 is 2.30 bits per heavy atom. The Hall–Kier alpha value is -0.120. The average Bonchev–Trinajstić information content (AvgIpc) is 1.97. The third kappa shape index (κ3) is 7.88. The maximum Gasteiger partial charge on any atom is 0.0965 e. The molecule has 0 radical (unpaired) electrons. The van der Waals surface area contributed by atoms with Gasteiger partial charge in [0.1, 0.15) is 0 Å². The van der Waals surface area contributed by atoms with Crippen LogP contribution in [-0.2, 0) is 4.74 Å². The molecule has 62 valence electrons. The molecule has 0 amide bonds. The van der Waals surface area contributed by atoms with E-state index >= 15 is 0 Å². The monoisotopic (exact) mass is 147 g/mol. The van der Waals surface area contributed by atoms with Crippen LogP contribution in [0.2, 0.25) is 0 Å². The second-order valence-corrected chi connectivity index (χ2v) is 2.13. The van der Waals surface area contributed by atoms with Crippen LogP contribution < -0.4 is 5.32 Å². The molecule has 0 spiro atoms. The van der Waals surface area contributed by atoms with Crippen LogP contribution in [0.25, 0.3) is 0 Å². The quantitative estimate of drug-likeness (QED) is 0.403. The number of ether oxygens (including phenoxy) is 1. The smallest absolute Gasteiger partial charge is 0.0965 e. The van der Waals surface area contributed by atoms with E-state index in [0.717, 1.165) is 26.0 Å². The summed E-state index contributed by atoms with van der Waals surface area (Å²) in [6.45, 7) is 4.58. The van der Waals surface area contributed by atoms with E-state index in [2.05, 4.69) is 12.2 Å². The summed E-state index contributed by atoms with van der Waals surface area (Å²) in [5.41, 5.74) is 0. The Kier molecular flexibility index (Phi) is 8.77. The Balaban J connectivity index is 2.65. The highest BCUT2D eigenvalue weighted by Crippen LogP contribution is 1.77. The minimum absolute atomic E-state index is 0.251. The van der Waals surface area contributed by atoms with Crippen LogP contribution in [0.1, 0.15) is 19.8 Å². The number of nitrogens with one attached hydrogen (secondary N) is 1. The van der Waals surface area contributed by atoms with Crippen LogP contribution in [0.3, 0.4) is 0 Å². The van der Waals surface area contributed by atoms with E-state index in [-0.39, 0.29) is 6.61 Å². The lowest BCUT2D eigenvalue weighted by atomic mass is 10.5. The molecule has 0 heterocycles. The van der Waals surface area contributed by atoms with Crippen LogP contribution >= 0.6 is 0 Å². The molecule has 0 rings (SSSR count). The third-order valence-corrected chi connectivity index (χ3v) is 1.06. The molecule has 0 unspecified atom stereocenters. The Labute approximate surface area is 62.4 Å². The van der Waals surface area contributed by atoms with Crippen molar-refractivity contribution in [1.82, 2.24) is 5.32 Å². The van der Waals surface area contributed by atoms with E-state index in [9.17, 15) is 0 Å². The van der Waals surface area contributed by atoms with Crippen LogP contribution in [0.5, 0.6) is 0 Å². The number of aliphatic hydroxyl groups excluding tert-OH is 1. The molecule has 0 aromatic rings. The Morgan fingerprint density at radius 3 is 2.90 bits per heavy atom. The molecule has 0 aromatic heterocycles. The maximum absolute atomic E-state index is 8.39. The van der Waals surface area contributed by atoms with E-state index < -0.39 is 0 Å². The summed E-state index contributed by atoms with van der Waals surface area (Å²) in [7, 11) is 0. The van der Waals surface area contributed by atoms with Gasteiger partial charge in [-0.2, -0.15) is 0 Å². The van der Waals surface area contributed by atoms with Gasteiger partial charge in [-0.05, 0) is 19.4 Å². The lowest BCUT2D eigenvalue weighted by molar-refractivity contribution is 0.116. The lowest BCUT2D eigenvalue weighted by Gasteiger charge is -2.02. The van der Waals surface area contributed by atoms with Gasteiger partial charge in [0.15, 0.2) is 0 Å². The normalized spacial score (nSPS) is 10.2. The van der Waals surface area contributed by atoms with Crippen molar-refractivity contribution in [3.05, 3.63) is 0 Å². The second kappa shape index (κ2) is 8.88. The number of aliphatic hydroxyl groups is 1. The van der Waals surface area contributed by atoms with Crippen molar-refractivity contribution < 1.29 is 9.84 Å². The molecule has 0 aliphatic carbocycles. The highest BCUT2D eigenvalue weighted by Gasteiger charge is 1.84. The summed E-state index contributed by atoms with van der Waals surface area (Å²) in [5, 5.41) is 11.4. The molecular formula is C7H17NO2. The van der Waals surface area contributed by atoms with Crippen LogP contribution in [0.4, 0.5) is 0 Å². The molecule has 2 N–H and O–H groups in total. The molecule has 0 saturated heterocycles. The molecule has 3 nitrogen and oxygen atoms in total. The molecule has 0 aliphatic rings. The van der Waals surface area contributed by atoms with Gasteiger partial charge in [-0.3, -0.25) is 5.32 Å². The summed E-state index contributed by atoms with van der Waals surface area (Å²) in [6, 6.07) is 0. The molecule has 3 heteroatoms. The van der Waals surface area contributed by atoms with E-state index in [1.54, 1.807) is 0 Å². The first-order valence-electron chi connectivity index (χ1n) is 3.81. The maximum atomic E-state index is 8.39. The molecule has 0 fully saturated rings. The van der Waals surface area contributed by atoms with E-state index in [1.807, 2.05) is 0 Å². The minimum Gasteiger partial charge on any atom is -0.396 e. The van der Waals surface area contributed by atoms with E-state index in [0.29, 0.717) is 6.73 Å². The minimum atomic E-state index is 0.251. The molecule has 0 saturated carbocycles. The fraction of sp³-hybridized carbons (Fsp3) is 1.00. The molecule has 0 atom stereocenters. The van der Waals surface area contributed by atoms with Crippen molar-refractivity contribution in [1.29, 1.82) is 0 Å². The first kappa shape index (κ1) is 9.88. The standard InChI is InChI=1S/C7H17NO2/c1-2-6-10-7-8-4-3-5-9/h8-9H,2-7H2,1H3. The SMILES string of the molecule is CCCOCNCCCO. The first-order chi connectivity index (χ1) is 4.91. The van der Waals surface area contributed by atoms with Crippen LogP contribution in [-0.4, -0.2) is 31.6 Å². The summed E-state index contributed by atoms with van der Waals surface area (Å²) < 4.78 is 5.14. The third-order valence-electron chi connectivity index (χ3n) is 1.06. The zero-order valence-corrected chi connectivity index (χ0v) is 6.60. The Bertz CT molecular complexity index is 51.6. The van der Waals surface area contributed by atoms with Crippen molar-refractivity contribution in [2.24, 2.45) is 0 Å². The van der Waals surface area contributed by atoms with Gasteiger partial charge < -0.3 is 9.84 Å². The average molecular weight is 147 g/mol. The van der Waals surface area contributed by atoms with Crippen molar-refractivity contribution in [2.75, 3.05) is 26.5 Å². The largest absolute Gasteiger partial charge is 0.396 e. The van der Waals surface area contributed by atoms with Gasteiger partial charge >= 0.3 is 0 Å². The second-order valence-electron chi connectivity index (χ2n) is 2.13. The summed E-state index contributed by atoms with van der Waals surface area (Å²) in [6.07, 6.45) is 1.86. The molecule has 0 bridgehead atoms. The van der Waals surface area contributed by atoms with Crippen LogP contribution in [0.15, 0.2) is 0 Å². The van der Waals surface area contributed by atoms with Gasteiger partial charge in [0.2, 0.25) is 0 Å². The van der Waals surface area contributed by atoms with Gasteiger partial charge in [-0.1, -0.05) is 6.92 Å². The number of hydrogen-bond donors (Lipinski definition) is 2. The van der Waals surface area contributed by atoms with Crippen molar-refractivity contribution in [2.45, 2.75) is 19.8 Å². The molecular weight excluding hydrogens is 130 g/mol. The highest BCUT2D eigenvalue weighted by atomic mass is 16.5. The van der Waals surface area contributed by atoms with Crippen molar-refractivity contribution >= 4 is 0 Å². The number of rotatable bonds is 7. The highest BCUT2D eigenvalue weighted by molar-refractivity contribution is 4.38. The zero-order valence-electron chi connectivity index (χ0n) is 6.60. The van der Waals surface area contributed by atoms with Crippen LogP contribution in [0, 0.1) is 0 Å².